The number of carboxylic acids is 1. The molecule has 0 radical (unpaired) electrons. The maximum Gasteiger partial charge on any atom is 0.308 e. The quantitative estimate of drug-likeness (QED) is 0.624. The smallest absolute Gasteiger partial charge is 0.308 e. The lowest BCUT2D eigenvalue weighted by Crippen LogP contribution is -2.55. The van der Waals surface area contributed by atoms with Gasteiger partial charge in [-0.25, -0.2) is 0 Å². The van der Waals surface area contributed by atoms with Crippen molar-refractivity contribution in [3.05, 3.63) is 42.0 Å². The first-order chi connectivity index (χ1) is 14.8. The Kier molecular flexibility index (Phi) is 5.64. The zero-order valence-corrected chi connectivity index (χ0v) is 18.6. The molecule has 0 aromatic heterocycles. The van der Waals surface area contributed by atoms with Crippen LogP contribution < -0.4 is 4.90 Å². The second-order valence-electron chi connectivity index (χ2n) is 8.68. The number of carbonyl (C=O) groups excluding carboxylic acids is 2. The van der Waals surface area contributed by atoms with Gasteiger partial charge in [0.05, 0.1) is 23.2 Å². The Bertz CT molecular complexity index is 950. The predicted octanol–water partition coefficient (Wildman–Crippen LogP) is 1.99. The van der Waals surface area contributed by atoms with E-state index in [0.29, 0.717) is 12.8 Å². The molecule has 3 heterocycles. The van der Waals surface area contributed by atoms with Gasteiger partial charge in [-0.2, -0.15) is 0 Å². The maximum absolute atomic E-state index is 14.1. The summed E-state index contributed by atoms with van der Waals surface area (Å²) >= 11 is 1.50. The van der Waals surface area contributed by atoms with Gasteiger partial charge in [0.2, 0.25) is 5.91 Å². The number of anilines is 1. The summed E-state index contributed by atoms with van der Waals surface area (Å²) in [5.74, 6) is -3.07. The molecule has 4 rings (SSSR count). The molecule has 8 heteroatoms. The number of nitrogens with zero attached hydrogens (tertiary/aromatic N) is 2. The van der Waals surface area contributed by atoms with Crippen LogP contribution in [0.4, 0.5) is 5.69 Å². The highest BCUT2D eigenvalue weighted by atomic mass is 32.2. The monoisotopic (exact) mass is 444 g/mol. The number of amides is 2. The van der Waals surface area contributed by atoms with Crippen LogP contribution >= 0.6 is 11.8 Å². The summed E-state index contributed by atoms with van der Waals surface area (Å²) in [6.45, 7) is 7.70. The highest BCUT2D eigenvalue weighted by molar-refractivity contribution is 8.02. The summed E-state index contributed by atoms with van der Waals surface area (Å²) < 4.78 is -0.770. The zero-order chi connectivity index (χ0) is 22.5. The van der Waals surface area contributed by atoms with Gasteiger partial charge in [-0.05, 0) is 43.9 Å². The highest BCUT2D eigenvalue weighted by Crippen LogP contribution is 2.66. The van der Waals surface area contributed by atoms with Gasteiger partial charge >= 0.3 is 5.97 Å². The van der Waals surface area contributed by atoms with Crippen molar-refractivity contribution >= 4 is 35.2 Å². The van der Waals surface area contributed by atoms with E-state index in [9.17, 15) is 24.6 Å². The summed E-state index contributed by atoms with van der Waals surface area (Å²) in [7, 11) is 0. The fourth-order valence-electron chi connectivity index (χ4n) is 5.66. The number of fused-ring (bicyclic) bond motifs is 1. The molecule has 1 aromatic carbocycles. The minimum atomic E-state index is -0.980. The lowest BCUT2D eigenvalue weighted by molar-refractivity contribution is -0.148. The average molecular weight is 445 g/mol. The maximum atomic E-state index is 14.1. The molecule has 166 valence electrons. The number of aliphatic hydroxyl groups excluding tert-OH is 1. The number of aliphatic hydroxyl groups is 1. The normalized spacial score (nSPS) is 31.1. The second kappa shape index (κ2) is 7.98. The average Bonchev–Trinajstić information content (AvgIpc) is 3.36. The molecule has 1 spiro atoms. The largest absolute Gasteiger partial charge is 0.481 e. The number of hydrogen-bond donors (Lipinski definition) is 2. The van der Waals surface area contributed by atoms with Crippen molar-refractivity contribution in [3.8, 4) is 0 Å². The van der Waals surface area contributed by atoms with E-state index >= 15 is 0 Å². The van der Waals surface area contributed by atoms with Gasteiger partial charge in [0.1, 0.15) is 6.04 Å². The molecule has 0 saturated carbocycles. The second-order valence-corrected chi connectivity index (χ2v) is 10.3. The number of carboxylic acid groups (broad SMARTS) is 1. The van der Waals surface area contributed by atoms with E-state index < -0.39 is 28.6 Å². The van der Waals surface area contributed by atoms with Crippen molar-refractivity contribution in [3.63, 3.8) is 0 Å². The molecule has 3 aliphatic rings. The Morgan fingerprint density at radius 2 is 2.13 bits per heavy atom. The number of rotatable bonds is 7. The molecule has 3 aliphatic heterocycles. The van der Waals surface area contributed by atoms with Gasteiger partial charge in [0.15, 0.2) is 0 Å². The minimum absolute atomic E-state index is 0.0137. The van der Waals surface area contributed by atoms with Crippen LogP contribution in [0.5, 0.6) is 0 Å². The Labute approximate surface area is 186 Å². The zero-order valence-electron chi connectivity index (χ0n) is 17.8. The third-order valence-corrected chi connectivity index (χ3v) is 8.85. The number of thioether (sulfide) groups is 1. The molecule has 1 aromatic rings. The van der Waals surface area contributed by atoms with Gasteiger partial charge in [-0.15, -0.1) is 18.3 Å². The first-order valence-electron chi connectivity index (χ1n) is 10.6. The van der Waals surface area contributed by atoms with Gasteiger partial charge < -0.3 is 20.0 Å². The van der Waals surface area contributed by atoms with Crippen molar-refractivity contribution in [2.45, 2.75) is 42.7 Å². The van der Waals surface area contributed by atoms with E-state index in [1.807, 2.05) is 32.0 Å². The summed E-state index contributed by atoms with van der Waals surface area (Å²) in [5.41, 5.74) is 2.70. The fourth-order valence-corrected chi connectivity index (χ4v) is 7.86. The van der Waals surface area contributed by atoms with Gasteiger partial charge in [-0.1, -0.05) is 18.2 Å². The fraction of sp³-hybridized carbons (Fsp3) is 0.522. The summed E-state index contributed by atoms with van der Waals surface area (Å²) in [6, 6.07) is 5.07. The van der Waals surface area contributed by atoms with Crippen molar-refractivity contribution in [1.82, 2.24) is 4.90 Å². The number of aliphatic carboxylic acids is 1. The number of β-amino-alcohol motifs (C(OH)–C–C–N with tert-alkyl or cyclic N) is 1. The molecule has 31 heavy (non-hydrogen) atoms. The molecule has 3 fully saturated rings. The van der Waals surface area contributed by atoms with Crippen molar-refractivity contribution in [2.75, 3.05) is 24.6 Å². The van der Waals surface area contributed by atoms with Gasteiger partial charge in [0.25, 0.3) is 5.91 Å². The lowest BCUT2D eigenvalue weighted by Gasteiger charge is -2.37. The SMILES string of the molecule is C=CCN(C(=O)C1N(CCO)C(=O)[C@@H]2[C@H](C(=O)O)[C@@H]3CCC12S3)c1cc(C)ccc1C. The highest BCUT2D eigenvalue weighted by Gasteiger charge is 2.74. The van der Waals surface area contributed by atoms with E-state index in [2.05, 4.69) is 6.58 Å². The molecule has 3 saturated heterocycles. The van der Waals surface area contributed by atoms with E-state index in [0.717, 1.165) is 16.8 Å². The Morgan fingerprint density at radius 3 is 2.77 bits per heavy atom. The lowest BCUT2D eigenvalue weighted by atomic mass is 9.71. The van der Waals surface area contributed by atoms with Crippen LogP contribution in [0.25, 0.3) is 0 Å². The molecule has 2 amide bonds. The van der Waals surface area contributed by atoms with Crippen LogP contribution in [0, 0.1) is 25.7 Å². The number of likely N-dealkylation sites (tertiary alicyclic amines) is 1. The van der Waals surface area contributed by atoms with Crippen molar-refractivity contribution in [2.24, 2.45) is 11.8 Å². The topological polar surface area (TPSA) is 98.2 Å². The van der Waals surface area contributed by atoms with Crippen LogP contribution in [-0.4, -0.2) is 68.6 Å². The third kappa shape index (κ3) is 3.19. The van der Waals surface area contributed by atoms with Crippen LogP contribution in [-0.2, 0) is 14.4 Å². The molecular formula is C23H28N2O5S. The molecule has 2 unspecified atom stereocenters. The number of aryl methyl sites for hydroxylation is 2. The standard InChI is InChI=1S/C23H28N2O5S/c1-4-9-24(15-12-13(2)5-6-14(15)3)21(28)19-23-8-7-16(31-23)17(22(29)30)18(23)20(27)25(19)10-11-26/h4-6,12,16-19,26H,1,7-11H2,2-3H3,(H,29,30)/t16-,17+,18-,19?,23?/m0/s1. The van der Waals surface area contributed by atoms with Crippen molar-refractivity contribution < 1.29 is 24.6 Å². The van der Waals surface area contributed by atoms with Gasteiger partial charge in [0, 0.05) is 24.0 Å². The molecular weight excluding hydrogens is 416 g/mol. The molecule has 7 nitrogen and oxygen atoms in total. The summed E-state index contributed by atoms with van der Waals surface area (Å²) in [6.07, 6.45) is 2.95. The first-order valence-corrected chi connectivity index (χ1v) is 11.5. The summed E-state index contributed by atoms with van der Waals surface area (Å²) in [5, 5.41) is 19.3. The number of benzene rings is 1. The first kappa shape index (κ1) is 21.9. The Balaban J connectivity index is 1.80. The Morgan fingerprint density at radius 1 is 1.39 bits per heavy atom. The third-order valence-electron chi connectivity index (χ3n) is 6.89. The summed E-state index contributed by atoms with van der Waals surface area (Å²) in [4.78, 5) is 42.5. The predicted molar refractivity (Wildman–Crippen MR) is 119 cm³/mol. The number of hydrogen-bond acceptors (Lipinski definition) is 5. The van der Waals surface area contributed by atoms with Crippen LogP contribution in [0.1, 0.15) is 24.0 Å². The van der Waals surface area contributed by atoms with Crippen LogP contribution in [0.2, 0.25) is 0 Å². The van der Waals surface area contributed by atoms with E-state index in [4.69, 9.17) is 0 Å². The van der Waals surface area contributed by atoms with E-state index in [1.54, 1.807) is 11.0 Å². The molecule has 2 N–H and O–H groups in total. The number of carbonyl (C=O) groups is 3. The molecule has 0 aliphatic carbocycles. The van der Waals surface area contributed by atoms with Crippen molar-refractivity contribution in [1.29, 1.82) is 0 Å². The molecule has 2 bridgehead atoms. The molecule has 5 atom stereocenters. The van der Waals surface area contributed by atoms with Crippen LogP contribution in [0.3, 0.4) is 0 Å². The van der Waals surface area contributed by atoms with Crippen LogP contribution in [0.15, 0.2) is 30.9 Å². The van der Waals surface area contributed by atoms with E-state index in [1.165, 1.54) is 16.7 Å². The minimum Gasteiger partial charge on any atom is -0.481 e. The Hall–Kier alpha value is -2.32. The van der Waals surface area contributed by atoms with Gasteiger partial charge in [-0.3, -0.25) is 14.4 Å². The van der Waals surface area contributed by atoms with E-state index in [-0.39, 0.29) is 36.8 Å².